The quantitative estimate of drug-likeness (QED) is 0.669. The summed E-state index contributed by atoms with van der Waals surface area (Å²) in [6, 6.07) is 7.36. The average Bonchev–Trinajstić information content (AvgIpc) is 3.06. The number of piperidine rings is 1. The fourth-order valence-corrected chi connectivity index (χ4v) is 5.13. The third kappa shape index (κ3) is 3.57. The van der Waals surface area contributed by atoms with E-state index in [4.69, 9.17) is 21.7 Å². The van der Waals surface area contributed by atoms with Gasteiger partial charge in [0.25, 0.3) is 5.91 Å². The molecule has 0 unspecified atom stereocenters. The Kier molecular flexibility index (Phi) is 5.60. The molecule has 3 fully saturated rings. The van der Waals surface area contributed by atoms with Crippen LogP contribution in [0.1, 0.15) is 37.8 Å². The van der Waals surface area contributed by atoms with Gasteiger partial charge in [0.2, 0.25) is 5.88 Å². The fraction of sp³-hybridized carbons (Fsp3) is 0.435. The maximum Gasteiger partial charge on any atom is 0.259 e. The lowest BCUT2D eigenvalue weighted by Crippen LogP contribution is -2.55. The number of pyridine rings is 2. The van der Waals surface area contributed by atoms with Crippen LogP contribution in [0.4, 0.5) is 11.4 Å². The van der Waals surface area contributed by atoms with E-state index in [0.717, 1.165) is 38.0 Å². The predicted octanol–water partition coefficient (Wildman–Crippen LogP) is 2.55. The summed E-state index contributed by atoms with van der Waals surface area (Å²) in [4.78, 5) is 25.6. The summed E-state index contributed by atoms with van der Waals surface area (Å²) in [7, 11) is 1.46. The van der Waals surface area contributed by atoms with E-state index in [-0.39, 0.29) is 17.7 Å². The minimum absolute atomic E-state index is 0.0951. The summed E-state index contributed by atoms with van der Waals surface area (Å²) in [6.45, 7) is 1.89. The van der Waals surface area contributed by atoms with Crippen LogP contribution in [0.2, 0.25) is 0 Å². The highest BCUT2D eigenvalue weighted by atomic mass is 32.1. The number of amides is 1. The number of nitriles is 1. The molecule has 0 atom stereocenters. The number of nitrogens with zero attached hydrogens (tertiary/aromatic N) is 5. The van der Waals surface area contributed by atoms with Crippen molar-refractivity contribution in [1.82, 2.24) is 15.3 Å². The maximum atomic E-state index is 13.6. The zero-order valence-corrected chi connectivity index (χ0v) is 19.1. The first-order valence-electron chi connectivity index (χ1n) is 11.0. The molecule has 0 aromatic carbocycles. The first-order chi connectivity index (χ1) is 16.1. The second-order valence-corrected chi connectivity index (χ2v) is 8.79. The fourth-order valence-electron chi connectivity index (χ4n) is 4.66. The highest BCUT2D eigenvalue weighted by molar-refractivity contribution is 7.81. The number of carbonyl (C=O) groups excluding carboxylic acids is 1. The summed E-state index contributed by atoms with van der Waals surface area (Å²) in [5.74, 6) is 0.776. The molecule has 1 spiro atoms. The van der Waals surface area contributed by atoms with Crippen molar-refractivity contribution >= 4 is 34.6 Å². The molecule has 10 heteroatoms. The highest BCUT2D eigenvalue weighted by Crippen LogP contribution is 2.48. The summed E-state index contributed by atoms with van der Waals surface area (Å²) in [6.07, 6.45) is 7.62. The topological polar surface area (TPSA) is 104 Å². The van der Waals surface area contributed by atoms with Gasteiger partial charge in [0, 0.05) is 12.1 Å². The molecule has 0 radical (unpaired) electrons. The Hall–Kier alpha value is -3.29. The van der Waals surface area contributed by atoms with Gasteiger partial charge in [-0.15, -0.1) is 0 Å². The van der Waals surface area contributed by atoms with Gasteiger partial charge in [-0.1, -0.05) is 0 Å². The molecule has 1 saturated carbocycles. The summed E-state index contributed by atoms with van der Waals surface area (Å²) in [5, 5.41) is 12.9. The Morgan fingerprint density at radius 2 is 1.97 bits per heavy atom. The molecule has 5 rings (SSSR count). The summed E-state index contributed by atoms with van der Waals surface area (Å²) >= 11 is 5.79. The number of nitrogens with one attached hydrogen (secondary N) is 1. The average molecular weight is 465 g/mol. The van der Waals surface area contributed by atoms with Gasteiger partial charge in [-0.05, 0) is 63.5 Å². The van der Waals surface area contributed by atoms with Crippen molar-refractivity contribution in [2.75, 3.05) is 30.0 Å². The first-order valence-corrected chi connectivity index (χ1v) is 11.4. The van der Waals surface area contributed by atoms with Gasteiger partial charge in [-0.3, -0.25) is 9.69 Å². The zero-order chi connectivity index (χ0) is 23.0. The Balaban J connectivity index is 1.44. The molecule has 170 valence electrons. The number of carbonyl (C=O) groups is 1. The van der Waals surface area contributed by atoms with Crippen LogP contribution in [0.15, 0.2) is 30.6 Å². The maximum absolute atomic E-state index is 13.6. The molecule has 2 saturated heterocycles. The largest absolute Gasteiger partial charge is 0.494 e. The summed E-state index contributed by atoms with van der Waals surface area (Å²) < 4.78 is 11.3. The van der Waals surface area contributed by atoms with Crippen LogP contribution in [0.5, 0.6) is 11.6 Å². The van der Waals surface area contributed by atoms with Crippen LogP contribution in [-0.2, 0) is 4.79 Å². The van der Waals surface area contributed by atoms with E-state index in [0.29, 0.717) is 35.3 Å². The molecule has 1 amide bonds. The smallest absolute Gasteiger partial charge is 0.259 e. The monoisotopic (exact) mass is 464 g/mol. The molecule has 2 aliphatic heterocycles. The van der Waals surface area contributed by atoms with Crippen LogP contribution < -0.4 is 24.6 Å². The van der Waals surface area contributed by atoms with Crippen molar-refractivity contribution in [3.8, 4) is 17.7 Å². The van der Waals surface area contributed by atoms with Crippen molar-refractivity contribution in [3.63, 3.8) is 0 Å². The minimum Gasteiger partial charge on any atom is -0.494 e. The highest BCUT2D eigenvalue weighted by Gasteiger charge is 2.59. The van der Waals surface area contributed by atoms with Crippen LogP contribution >= 0.6 is 12.2 Å². The normalized spacial score (nSPS) is 20.0. The van der Waals surface area contributed by atoms with E-state index in [9.17, 15) is 10.1 Å². The van der Waals surface area contributed by atoms with E-state index in [1.165, 1.54) is 18.2 Å². The lowest BCUT2D eigenvalue weighted by molar-refractivity contribution is -0.123. The number of anilines is 2. The van der Waals surface area contributed by atoms with Gasteiger partial charge in [-0.2, -0.15) is 5.26 Å². The predicted molar refractivity (Wildman–Crippen MR) is 125 cm³/mol. The Morgan fingerprint density at radius 3 is 2.58 bits per heavy atom. The van der Waals surface area contributed by atoms with Crippen molar-refractivity contribution in [1.29, 1.82) is 5.26 Å². The number of rotatable bonds is 5. The molecule has 2 aromatic heterocycles. The first kappa shape index (κ1) is 21.6. The van der Waals surface area contributed by atoms with E-state index >= 15 is 0 Å². The third-order valence-electron chi connectivity index (χ3n) is 6.57. The molecule has 1 N–H and O–H groups in total. The molecule has 2 aromatic rings. The van der Waals surface area contributed by atoms with Gasteiger partial charge in [-0.25, -0.2) is 9.97 Å². The van der Waals surface area contributed by atoms with Gasteiger partial charge in [0.05, 0.1) is 30.9 Å². The number of aromatic nitrogens is 2. The Bertz CT molecular complexity index is 1120. The molecule has 4 heterocycles. The second-order valence-electron chi connectivity index (χ2n) is 8.42. The van der Waals surface area contributed by atoms with Gasteiger partial charge in [0.15, 0.2) is 16.6 Å². The number of methoxy groups -OCH3 is 1. The number of hydrogen-bond donors (Lipinski definition) is 1. The lowest BCUT2D eigenvalue weighted by Gasteiger charge is -2.42. The van der Waals surface area contributed by atoms with E-state index in [1.54, 1.807) is 12.3 Å². The van der Waals surface area contributed by atoms with Gasteiger partial charge >= 0.3 is 0 Å². The van der Waals surface area contributed by atoms with Crippen LogP contribution in [0, 0.1) is 11.3 Å². The van der Waals surface area contributed by atoms with Crippen molar-refractivity contribution in [3.05, 3.63) is 36.3 Å². The molecular formula is C23H24N6O3S. The summed E-state index contributed by atoms with van der Waals surface area (Å²) in [5.41, 5.74) is 0.662. The Morgan fingerprint density at radius 1 is 1.21 bits per heavy atom. The van der Waals surface area contributed by atoms with E-state index in [1.807, 2.05) is 23.1 Å². The molecule has 9 nitrogen and oxygen atoms in total. The second kappa shape index (κ2) is 8.57. The van der Waals surface area contributed by atoms with Gasteiger partial charge < -0.3 is 19.7 Å². The van der Waals surface area contributed by atoms with Gasteiger partial charge in [0.1, 0.15) is 17.7 Å². The standard InChI is InChI=1S/C23H24N6O3S/c1-31-19-11-16(14-26-18(19)12-24)28-21(30)23(7-2-8-23)29(22(28)33)15-3-4-20(27-13-15)32-17-5-9-25-10-6-17/h3-4,11,13-14,17,25H,2,5-10H2,1H3. The third-order valence-corrected chi connectivity index (χ3v) is 6.93. The number of thiocarbonyl (C=S) groups is 1. The van der Waals surface area contributed by atoms with Crippen LogP contribution in [0.25, 0.3) is 0 Å². The zero-order valence-electron chi connectivity index (χ0n) is 18.3. The van der Waals surface area contributed by atoms with Crippen molar-refractivity contribution in [2.45, 2.75) is 43.7 Å². The SMILES string of the molecule is COc1cc(N2C(=O)C3(CCC3)N(c3ccc(OC4CCNCC4)nc3)C2=S)cnc1C#N. The van der Waals surface area contributed by atoms with Crippen LogP contribution in [-0.4, -0.2) is 52.8 Å². The molecule has 3 aliphatic rings. The van der Waals surface area contributed by atoms with E-state index < -0.39 is 5.54 Å². The van der Waals surface area contributed by atoms with Crippen LogP contribution in [0.3, 0.4) is 0 Å². The van der Waals surface area contributed by atoms with Crippen molar-refractivity contribution < 1.29 is 14.3 Å². The number of hydrogen-bond acceptors (Lipinski definition) is 8. The minimum atomic E-state index is -0.725. The molecule has 0 bridgehead atoms. The molecular weight excluding hydrogens is 440 g/mol. The lowest BCUT2D eigenvalue weighted by atomic mass is 9.75. The van der Waals surface area contributed by atoms with Crippen molar-refractivity contribution in [2.24, 2.45) is 0 Å². The number of ether oxygens (including phenoxy) is 2. The molecule has 33 heavy (non-hydrogen) atoms. The van der Waals surface area contributed by atoms with E-state index in [2.05, 4.69) is 15.3 Å². The Labute approximate surface area is 197 Å². The molecule has 1 aliphatic carbocycles.